The maximum absolute atomic E-state index is 12.3. The van der Waals surface area contributed by atoms with Gasteiger partial charge in [0.25, 0.3) is 0 Å². The minimum Gasteiger partial charge on any atom is -0.342 e. The van der Waals surface area contributed by atoms with E-state index in [9.17, 15) is 4.79 Å². The van der Waals surface area contributed by atoms with Gasteiger partial charge in [0.1, 0.15) is 0 Å². The van der Waals surface area contributed by atoms with E-state index in [-0.39, 0.29) is 0 Å². The third kappa shape index (κ3) is 1.87. The summed E-state index contributed by atoms with van der Waals surface area (Å²) in [5.74, 6) is 3.63. The highest BCUT2D eigenvalue weighted by molar-refractivity contribution is 5.79. The summed E-state index contributed by atoms with van der Waals surface area (Å²) >= 11 is 0. The molecule has 2 heteroatoms. The first-order chi connectivity index (χ1) is 7.78. The van der Waals surface area contributed by atoms with Gasteiger partial charge in [-0.25, -0.2) is 0 Å². The van der Waals surface area contributed by atoms with Crippen LogP contribution in [0.3, 0.4) is 0 Å². The van der Waals surface area contributed by atoms with Crippen molar-refractivity contribution in [1.82, 2.24) is 4.90 Å². The number of nitrogens with zero attached hydrogens (tertiary/aromatic N) is 1. The molecule has 2 saturated carbocycles. The standard InChI is InChI=1S/C14H23NO/c1-2-10-3-5-15(6-4-10)14(16)13-8-11-7-12(11)9-13/h10-13H,2-9H2,1H3. The van der Waals surface area contributed by atoms with Crippen molar-refractivity contribution in [3.63, 3.8) is 0 Å². The second-order valence-corrected chi connectivity index (χ2v) is 6.10. The van der Waals surface area contributed by atoms with Gasteiger partial charge in [0.2, 0.25) is 5.91 Å². The van der Waals surface area contributed by atoms with Crippen molar-refractivity contribution in [2.75, 3.05) is 13.1 Å². The van der Waals surface area contributed by atoms with Crippen LogP contribution in [0.1, 0.15) is 45.4 Å². The Morgan fingerprint density at radius 2 is 1.75 bits per heavy atom. The van der Waals surface area contributed by atoms with Gasteiger partial charge in [-0.3, -0.25) is 4.79 Å². The van der Waals surface area contributed by atoms with Crippen LogP contribution in [0.2, 0.25) is 0 Å². The van der Waals surface area contributed by atoms with E-state index in [4.69, 9.17) is 0 Å². The molecule has 90 valence electrons. The number of fused-ring (bicyclic) bond motifs is 1. The number of likely N-dealkylation sites (tertiary alicyclic amines) is 1. The molecule has 0 radical (unpaired) electrons. The number of hydrogen-bond donors (Lipinski definition) is 0. The Morgan fingerprint density at radius 3 is 2.31 bits per heavy atom. The average molecular weight is 221 g/mol. The monoisotopic (exact) mass is 221 g/mol. The van der Waals surface area contributed by atoms with E-state index in [0.29, 0.717) is 11.8 Å². The highest BCUT2D eigenvalue weighted by Gasteiger charge is 2.48. The highest BCUT2D eigenvalue weighted by atomic mass is 16.2. The summed E-state index contributed by atoms with van der Waals surface area (Å²) < 4.78 is 0. The topological polar surface area (TPSA) is 20.3 Å². The predicted octanol–water partition coefficient (Wildman–Crippen LogP) is 2.68. The van der Waals surface area contributed by atoms with Crippen LogP contribution in [0.5, 0.6) is 0 Å². The van der Waals surface area contributed by atoms with Gasteiger partial charge >= 0.3 is 0 Å². The second-order valence-electron chi connectivity index (χ2n) is 6.10. The molecule has 0 N–H and O–H groups in total. The van der Waals surface area contributed by atoms with E-state index < -0.39 is 0 Å². The third-order valence-electron chi connectivity index (χ3n) is 5.10. The minimum atomic E-state index is 0.405. The van der Waals surface area contributed by atoms with Crippen LogP contribution in [-0.4, -0.2) is 23.9 Å². The van der Waals surface area contributed by atoms with Gasteiger partial charge in [-0.2, -0.15) is 0 Å². The molecule has 3 aliphatic rings. The number of rotatable bonds is 2. The molecule has 0 aromatic heterocycles. The van der Waals surface area contributed by atoms with Crippen LogP contribution in [-0.2, 0) is 4.79 Å². The molecule has 2 unspecified atom stereocenters. The van der Waals surface area contributed by atoms with E-state index in [0.717, 1.165) is 30.8 Å². The lowest BCUT2D eigenvalue weighted by Crippen LogP contribution is -2.41. The average Bonchev–Trinajstić information content (AvgIpc) is 2.95. The van der Waals surface area contributed by atoms with Gasteiger partial charge < -0.3 is 4.90 Å². The Balaban J connectivity index is 1.51. The minimum absolute atomic E-state index is 0.405. The summed E-state index contributed by atoms with van der Waals surface area (Å²) in [6.07, 6.45) is 7.59. The molecule has 3 rings (SSSR count). The lowest BCUT2D eigenvalue weighted by Gasteiger charge is -2.33. The number of amides is 1. The smallest absolute Gasteiger partial charge is 0.225 e. The molecule has 1 heterocycles. The fraction of sp³-hybridized carbons (Fsp3) is 0.929. The van der Waals surface area contributed by atoms with Crippen molar-refractivity contribution in [3.05, 3.63) is 0 Å². The molecule has 0 bridgehead atoms. The maximum atomic E-state index is 12.3. The molecule has 0 spiro atoms. The lowest BCUT2D eigenvalue weighted by molar-refractivity contribution is -0.137. The van der Waals surface area contributed by atoms with Crippen molar-refractivity contribution in [3.8, 4) is 0 Å². The van der Waals surface area contributed by atoms with E-state index in [2.05, 4.69) is 11.8 Å². The molecule has 16 heavy (non-hydrogen) atoms. The first-order valence-electron chi connectivity index (χ1n) is 7.06. The zero-order valence-electron chi connectivity index (χ0n) is 10.3. The maximum Gasteiger partial charge on any atom is 0.225 e. The van der Waals surface area contributed by atoms with Crippen LogP contribution in [0.4, 0.5) is 0 Å². The number of carbonyl (C=O) groups is 1. The third-order valence-corrected chi connectivity index (χ3v) is 5.10. The Bertz CT molecular complexity index is 270. The van der Waals surface area contributed by atoms with E-state index >= 15 is 0 Å². The molecule has 1 saturated heterocycles. The zero-order valence-corrected chi connectivity index (χ0v) is 10.3. The van der Waals surface area contributed by atoms with Crippen LogP contribution >= 0.6 is 0 Å². The van der Waals surface area contributed by atoms with Gasteiger partial charge in [-0.1, -0.05) is 13.3 Å². The summed E-state index contributed by atoms with van der Waals surface area (Å²) in [6, 6.07) is 0. The van der Waals surface area contributed by atoms with E-state index in [1.54, 1.807) is 0 Å². The predicted molar refractivity (Wildman–Crippen MR) is 63.9 cm³/mol. The Hall–Kier alpha value is -0.530. The van der Waals surface area contributed by atoms with Crippen LogP contribution in [0.15, 0.2) is 0 Å². The van der Waals surface area contributed by atoms with Crippen LogP contribution in [0, 0.1) is 23.7 Å². The van der Waals surface area contributed by atoms with Gasteiger partial charge in [0.15, 0.2) is 0 Å². The van der Waals surface area contributed by atoms with Crippen LogP contribution in [0.25, 0.3) is 0 Å². The second kappa shape index (κ2) is 4.05. The molecule has 1 amide bonds. The van der Waals surface area contributed by atoms with Crippen LogP contribution < -0.4 is 0 Å². The summed E-state index contributed by atoms with van der Waals surface area (Å²) in [6.45, 7) is 4.33. The van der Waals surface area contributed by atoms with Crippen molar-refractivity contribution < 1.29 is 4.79 Å². The zero-order chi connectivity index (χ0) is 11.1. The molecule has 2 aliphatic carbocycles. The summed E-state index contributed by atoms with van der Waals surface area (Å²) in [4.78, 5) is 14.4. The van der Waals surface area contributed by atoms with Crippen molar-refractivity contribution >= 4 is 5.91 Å². The molecule has 2 nitrogen and oxygen atoms in total. The molecule has 2 atom stereocenters. The molecular weight excluding hydrogens is 198 g/mol. The lowest BCUT2D eigenvalue weighted by atomic mass is 9.93. The first-order valence-corrected chi connectivity index (χ1v) is 7.06. The molecule has 3 fully saturated rings. The molecule has 0 aromatic rings. The fourth-order valence-electron chi connectivity index (χ4n) is 3.74. The SMILES string of the molecule is CCC1CCN(C(=O)C2CC3CC3C2)CC1. The molecule has 1 aliphatic heterocycles. The van der Waals surface area contributed by atoms with E-state index in [1.165, 1.54) is 38.5 Å². The summed E-state index contributed by atoms with van der Waals surface area (Å²) in [7, 11) is 0. The largest absolute Gasteiger partial charge is 0.342 e. The Morgan fingerprint density at radius 1 is 1.12 bits per heavy atom. The van der Waals surface area contributed by atoms with Gasteiger partial charge in [-0.05, 0) is 49.9 Å². The summed E-state index contributed by atoms with van der Waals surface area (Å²) in [5, 5.41) is 0. The number of carbonyl (C=O) groups excluding carboxylic acids is 1. The van der Waals surface area contributed by atoms with Crippen molar-refractivity contribution in [2.24, 2.45) is 23.7 Å². The highest BCUT2D eigenvalue weighted by Crippen LogP contribution is 2.54. The quantitative estimate of drug-likeness (QED) is 0.702. The Kier molecular flexibility index (Phi) is 2.68. The first kappa shape index (κ1) is 10.6. The molecular formula is C14H23NO. The van der Waals surface area contributed by atoms with Gasteiger partial charge in [0.05, 0.1) is 0 Å². The number of piperidine rings is 1. The normalized spacial score (nSPS) is 38.6. The van der Waals surface area contributed by atoms with Gasteiger partial charge in [-0.15, -0.1) is 0 Å². The van der Waals surface area contributed by atoms with E-state index in [1.807, 2.05) is 0 Å². The van der Waals surface area contributed by atoms with Crippen molar-refractivity contribution in [2.45, 2.75) is 45.4 Å². The Labute approximate surface area is 98.4 Å². The molecule has 0 aromatic carbocycles. The van der Waals surface area contributed by atoms with Crippen molar-refractivity contribution in [1.29, 1.82) is 0 Å². The van der Waals surface area contributed by atoms with Gasteiger partial charge in [0, 0.05) is 19.0 Å². The fourth-order valence-corrected chi connectivity index (χ4v) is 3.74. The number of hydrogen-bond acceptors (Lipinski definition) is 1. The summed E-state index contributed by atoms with van der Waals surface area (Å²) in [5.41, 5.74) is 0.